The summed E-state index contributed by atoms with van der Waals surface area (Å²) in [7, 11) is 0. The number of primary amides is 1. The Kier molecular flexibility index (Phi) is 8.80. The molecule has 2 amide bonds. The zero-order valence-corrected chi connectivity index (χ0v) is 13.0. The topological polar surface area (TPSA) is 156 Å². The number of ketones is 2. The summed E-state index contributed by atoms with van der Waals surface area (Å²) >= 11 is 4.88. The molecule has 23 heavy (non-hydrogen) atoms. The van der Waals surface area contributed by atoms with E-state index in [2.05, 4.69) is 10.6 Å². The Balaban J connectivity index is 4.32. The lowest BCUT2D eigenvalue weighted by atomic mass is 10.0. The fourth-order valence-electron chi connectivity index (χ4n) is 1.30. The Hall–Kier alpha value is -2.80. The molecule has 0 rings (SSSR count). The van der Waals surface area contributed by atoms with Crippen LogP contribution in [-0.4, -0.2) is 52.5 Å². The highest BCUT2D eigenvalue weighted by Crippen LogP contribution is 2.06. The molecule has 124 valence electrons. The third-order valence-corrected chi connectivity index (χ3v) is 2.81. The normalized spacial score (nSPS) is 10.5. The smallest absolute Gasteiger partial charge is 0.304 e. The second-order valence-corrected chi connectivity index (χ2v) is 4.73. The highest BCUT2D eigenvalue weighted by Gasteiger charge is 2.23. The lowest BCUT2D eigenvalue weighted by Gasteiger charge is -2.14. The molecule has 0 aromatic carbocycles. The maximum atomic E-state index is 11.5. The summed E-state index contributed by atoms with van der Waals surface area (Å²) in [5, 5.41) is 13.4. The van der Waals surface area contributed by atoms with Crippen LogP contribution in [0, 0.1) is 17.8 Å². The Morgan fingerprint density at radius 3 is 2.22 bits per heavy atom. The standard InChI is InChI=1S/C13H15N3O6S/c1-7(17)9(4-12(21)22)13(23)16-6-11(20)15-5-8(18)2-3-10(14)19/h9H,4-6H2,1H3,(H2,14,19)(H,15,20)(H,16,23)(H,21,22). The van der Waals surface area contributed by atoms with Crippen LogP contribution in [0.4, 0.5) is 0 Å². The van der Waals surface area contributed by atoms with E-state index < -0.39 is 48.2 Å². The molecule has 0 spiro atoms. The number of Topliss-reactive ketones (excluding diaryl/α,β-unsaturated/α-hetero) is 2. The number of nitrogens with two attached hydrogens (primary N) is 1. The van der Waals surface area contributed by atoms with Crippen LogP contribution in [0.5, 0.6) is 0 Å². The van der Waals surface area contributed by atoms with Gasteiger partial charge in [-0.2, -0.15) is 0 Å². The molecule has 0 saturated heterocycles. The highest BCUT2D eigenvalue weighted by molar-refractivity contribution is 7.80. The molecule has 0 aromatic heterocycles. The Bertz CT molecular complexity index is 605. The summed E-state index contributed by atoms with van der Waals surface area (Å²) in [5.41, 5.74) is 4.72. The Morgan fingerprint density at radius 2 is 1.74 bits per heavy atom. The number of carboxylic acids is 1. The lowest BCUT2D eigenvalue weighted by molar-refractivity contribution is -0.139. The van der Waals surface area contributed by atoms with E-state index >= 15 is 0 Å². The van der Waals surface area contributed by atoms with Crippen molar-refractivity contribution >= 4 is 46.6 Å². The second-order valence-electron chi connectivity index (χ2n) is 4.29. The quantitative estimate of drug-likeness (QED) is 0.219. The van der Waals surface area contributed by atoms with Gasteiger partial charge in [0.1, 0.15) is 5.78 Å². The van der Waals surface area contributed by atoms with E-state index in [1.807, 2.05) is 11.8 Å². The van der Waals surface area contributed by atoms with E-state index in [-0.39, 0.29) is 11.5 Å². The third kappa shape index (κ3) is 9.70. The summed E-state index contributed by atoms with van der Waals surface area (Å²) < 4.78 is 0. The summed E-state index contributed by atoms with van der Waals surface area (Å²) in [4.78, 5) is 54.9. The molecule has 0 aromatic rings. The molecule has 0 radical (unpaired) electrons. The molecular weight excluding hydrogens is 326 g/mol. The van der Waals surface area contributed by atoms with Gasteiger partial charge in [0.05, 0.1) is 30.4 Å². The zero-order valence-electron chi connectivity index (χ0n) is 12.2. The SMILES string of the molecule is CC(=O)C(CC(=O)O)C(=S)NCC(=O)NCC(=O)C#CC(N)=O. The van der Waals surface area contributed by atoms with Crippen molar-refractivity contribution in [2.24, 2.45) is 11.7 Å². The minimum Gasteiger partial charge on any atom is -0.481 e. The van der Waals surface area contributed by atoms with Crippen molar-refractivity contribution in [2.45, 2.75) is 13.3 Å². The number of thiocarbonyl (C=S) groups is 1. The van der Waals surface area contributed by atoms with E-state index in [1.165, 1.54) is 6.92 Å². The largest absolute Gasteiger partial charge is 0.481 e. The van der Waals surface area contributed by atoms with Crippen LogP contribution < -0.4 is 16.4 Å². The van der Waals surface area contributed by atoms with Crippen LogP contribution >= 0.6 is 12.2 Å². The average Bonchev–Trinajstić information content (AvgIpc) is 2.45. The Labute approximate surface area is 137 Å². The van der Waals surface area contributed by atoms with Crippen molar-refractivity contribution in [3.05, 3.63) is 0 Å². The van der Waals surface area contributed by atoms with Crippen molar-refractivity contribution in [3.8, 4) is 11.8 Å². The molecule has 0 aliphatic heterocycles. The first-order valence-electron chi connectivity index (χ1n) is 6.24. The van der Waals surface area contributed by atoms with E-state index in [1.54, 1.807) is 0 Å². The summed E-state index contributed by atoms with van der Waals surface area (Å²) in [6, 6.07) is 0. The molecule has 5 N–H and O–H groups in total. The molecule has 0 heterocycles. The molecule has 0 saturated carbocycles. The van der Waals surface area contributed by atoms with Crippen LogP contribution in [0.3, 0.4) is 0 Å². The number of aliphatic carboxylic acids is 1. The minimum absolute atomic E-state index is 0.0742. The van der Waals surface area contributed by atoms with Crippen molar-refractivity contribution in [1.29, 1.82) is 0 Å². The van der Waals surface area contributed by atoms with Crippen molar-refractivity contribution in [3.63, 3.8) is 0 Å². The molecule has 0 bridgehead atoms. The number of carbonyl (C=O) groups excluding carboxylic acids is 4. The van der Waals surface area contributed by atoms with Crippen LogP contribution in [0.25, 0.3) is 0 Å². The fraction of sp³-hybridized carbons (Fsp3) is 0.385. The van der Waals surface area contributed by atoms with Crippen molar-refractivity contribution < 1.29 is 29.1 Å². The average molecular weight is 341 g/mol. The van der Waals surface area contributed by atoms with E-state index in [0.29, 0.717) is 0 Å². The molecule has 10 heteroatoms. The van der Waals surface area contributed by atoms with Gasteiger partial charge in [0.2, 0.25) is 11.7 Å². The van der Waals surface area contributed by atoms with Gasteiger partial charge in [-0.15, -0.1) is 0 Å². The van der Waals surface area contributed by atoms with Gasteiger partial charge >= 0.3 is 5.97 Å². The summed E-state index contributed by atoms with van der Waals surface area (Å²) in [6.07, 6.45) is -0.482. The third-order valence-electron chi connectivity index (χ3n) is 2.38. The van der Waals surface area contributed by atoms with Gasteiger partial charge in [-0.1, -0.05) is 12.2 Å². The predicted octanol–water partition coefficient (Wildman–Crippen LogP) is -2.24. The molecule has 1 atom stereocenters. The fourth-order valence-corrected chi connectivity index (χ4v) is 1.62. The Morgan fingerprint density at radius 1 is 1.13 bits per heavy atom. The number of hydrogen-bond donors (Lipinski definition) is 4. The first-order valence-corrected chi connectivity index (χ1v) is 6.65. The minimum atomic E-state index is -1.20. The first kappa shape index (κ1) is 20.2. The van der Waals surface area contributed by atoms with Crippen LogP contribution in [0.2, 0.25) is 0 Å². The second kappa shape index (κ2) is 10.0. The highest BCUT2D eigenvalue weighted by atomic mass is 32.1. The number of rotatable bonds is 8. The van der Waals surface area contributed by atoms with Gasteiger partial charge in [0.15, 0.2) is 0 Å². The van der Waals surface area contributed by atoms with Gasteiger partial charge < -0.3 is 21.5 Å². The molecule has 1 unspecified atom stereocenters. The number of carbonyl (C=O) groups is 5. The van der Waals surface area contributed by atoms with E-state index in [9.17, 15) is 24.0 Å². The van der Waals surface area contributed by atoms with Crippen molar-refractivity contribution in [2.75, 3.05) is 13.1 Å². The molecular formula is C13H15N3O6S. The lowest BCUT2D eigenvalue weighted by Crippen LogP contribution is -2.42. The maximum absolute atomic E-state index is 11.5. The van der Waals surface area contributed by atoms with Crippen LogP contribution in [0.15, 0.2) is 0 Å². The zero-order chi connectivity index (χ0) is 18.0. The predicted molar refractivity (Wildman–Crippen MR) is 82.0 cm³/mol. The molecule has 9 nitrogen and oxygen atoms in total. The number of amides is 2. The van der Waals surface area contributed by atoms with E-state index in [4.69, 9.17) is 23.1 Å². The van der Waals surface area contributed by atoms with Crippen molar-refractivity contribution in [1.82, 2.24) is 10.6 Å². The van der Waals surface area contributed by atoms with E-state index in [0.717, 1.165) is 0 Å². The molecule has 0 aliphatic carbocycles. The number of hydrogen-bond acceptors (Lipinski definition) is 6. The molecule has 0 fully saturated rings. The van der Waals surface area contributed by atoms with Crippen LogP contribution in [-0.2, 0) is 24.0 Å². The number of carboxylic acid groups (broad SMARTS) is 1. The van der Waals surface area contributed by atoms with Gasteiger partial charge in [-0.3, -0.25) is 24.0 Å². The summed E-state index contributed by atoms with van der Waals surface area (Å²) in [5.74, 6) is -1.23. The maximum Gasteiger partial charge on any atom is 0.304 e. The molecule has 0 aliphatic rings. The number of nitrogens with one attached hydrogen (secondary N) is 2. The monoisotopic (exact) mass is 341 g/mol. The van der Waals surface area contributed by atoms with Gasteiger partial charge in [-0.25, -0.2) is 0 Å². The van der Waals surface area contributed by atoms with Crippen LogP contribution in [0.1, 0.15) is 13.3 Å². The first-order chi connectivity index (χ1) is 10.6. The van der Waals surface area contributed by atoms with Gasteiger partial charge in [0, 0.05) is 5.92 Å². The van der Waals surface area contributed by atoms with Gasteiger partial charge in [0.25, 0.3) is 5.91 Å². The van der Waals surface area contributed by atoms with Gasteiger partial charge in [-0.05, 0) is 12.8 Å². The summed E-state index contributed by atoms with van der Waals surface area (Å²) in [6.45, 7) is 0.412.